The molecule has 0 aliphatic heterocycles. The molecule has 1 rings (SSSR count). The van der Waals surface area contributed by atoms with Gasteiger partial charge < -0.3 is 16.4 Å². The molecule has 2 amide bonds. The van der Waals surface area contributed by atoms with E-state index in [2.05, 4.69) is 24.5 Å². The van der Waals surface area contributed by atoms with Crippen LogP contribution in [0.2, 0.25) is 0 Å². The molecule has 0 aliphatic rings. The van der Waals surface area contributed by atoms with E-state index >= 15 is 0 Å². The van der Waals surface area contributed by atoms with Crippen LogP contribution >= 0.6 is 0 Å². The molecule has 0 bridgehead atoms. The number of nitrogen functional groups attached to an aromatic ring is 1. The lowest BCUT2D eigenvalue weighted by atomic mass is 10.1. The Balaban J connectivity index is 2.49. The van der Waals surface area contributed by atoms with E-state index in [0.29, 0.717) is 11.4 Å². The standard InChI is InChI=1S/C13H21N3O/c1-3-6-11(4-2)15-13(17)16-12-8-5-7-10(14)9-12/h5,7-9,11H,3-4,6,14H2,1-2H3,(H2,15,16,17). The lowest BCUT2D eigenvalue weighted by molar-refractivity contribution is 0.247. The van der Waals surface area contributed by atoms with Crippen LogP contribution in [0.1, 0.15) is 33.1 Å². The van der Waals surface area contributed by atoms with Gasteiger partial charge in [0.25, 0.3) is 0 Å². The van der Waals surface area contributed by atoms with Gasteiger partial charge in [0.1, 0.15) is 0 Å². The summed E-state index contributed by atoms with van der Waals surface area (Å²) >= 11 is 0. The smallest absolute Gasteiger partial charge is 0.319 e. The molecule has 4 nitrogen and oxygen atoms in total. The Bertz CT molecular complexity index is 365. The molecule has 0 heterocycles. The molecule has 0 aliphatic carbocycles. The van der Waals surface area contributed by atoms with Crippen LogP contribution in [-0.4, -0.2) is 12.1 Å². The van der Waals surface area contributed by atoms with Crippen LogP contribution in [0.25, 0.3) is 0 Å². The molecule has 1 aromatic carbocycles. The van der Waals surface area contributed by atoms with Crippen LogP contribution in [0.4, 0.5) is 16.2 Å². The molecule has 4 N–H and O–H groups in total. The van der Waals surface area contributed by atoms with Crippen molar-refractivity contribution in [3.63, 3.8) is 0 Å². The fourth-order valence-corrected chi connectivity index (χ4v) is 1.70. The third kappa shape index (κ3) is 4.76. The Morgan fingerprint density at radius 1 is 1.41 bits per heavy atom. The molecule has 0 fully saturated rings. The minimum absolute atomic E-state index is 0.170. The zero-order valence-corrected chi connectivity index (χ0v) is 10.5. The number of urea groups is 1. The van der Waals surface area contributed by atoms with Crippen molar-refractivity contribution in [1.82, 2.24) is 5.32 Å². The second-order valence-corrected chi connectivity index (χ2v) is 4.12. The molecule has 0 radical (unpaired) electrons. The van der Waals surface area contributed by atoms with Crippen molar-refractivity contribution in [2.75, 3.05) is 11.1 Å². The maximum atomic E-state index is 11.7. The van der Waals surface area contributed by atoms with E-state index < -0.39 is 0 Å². The first-order valence-corrected chi connectivity index (χ1v) is 6.08. The minimum Gasteiger partial charge on any atom is -0.399 e. The van der Waals surface area contributed by atoms with Crippen molar-refractivity contribution in [1.29, 1.82) is 0 Å². The molecule has 4 heteroatoms. The molecule has 0 saturated carbocycles. The number of amides is 2. The maximum absolute atomic E-state index is 11.7. The Morgan fingerprint density at radius 3 is 2.76 bits per heavy atom. The number of hydrogen-bond donors (Lipinski definition) is 3. The first-order chi connectivity index (χ1) is 8.15. The Hall–Kier alpha value is -1.71. The van der Waals surface area contributed by atoms with Gasteiger partial charge in [0, 0.05) is 17.4 Å². The van der Waals surface area contributed by atoms with Gasteiger partial charge in [-0.15, -0.1) is 0 Å². The number of rotatable bonds is 5. The summed E-state index contributed by atoms with van der Waals surface area (Å²) in [7, 11) is 0. The number of carbonyl (C=O) groups is 1. The van der Waals surface area contributed by atoms with Crippen LogP contribution in [0.3, 0.4) is 0 Å². The van der Waals surface area contributed by atoms with Crippen LogP contribution in [-0.2, 0) is 0 Å². The van der Waals surface area contributed by atoms with E-state index in [0.717, 1.165) is 19.3 Å². The average molecular weight is 235 g/mol. The highest BCUT2D eigenvalue weighted by Gasteiger charge is 2.09. The lowest BCUT2D eigenvalue weighted by Gasteiger charge is -2.16. The fourth-order valence-electron chi connectivity index (χ4n) is 1.70. The highest BCUT2D eigenvalue weighted by atomic mass is 16.2. The van der Waals surface area contributed by atoms with Crippen molar-refractivity contribution in [3.8, 4) is 0 Å². The molecule has 0 saturated heterocycles. The number of nitrogens with one attached hydrogen (secondary N) is 2. The van der Waals surface area contributed by atoms with Crippen molar-refractivity contribution in [2.24, 2.45) is 0 Å². The second-order valence-electron chi connectivity index (χ2n) is 4.12. The minimum atomic E-state index is -0.170. The summed E-state index contributed by atoms with van der Waals surface area (Å²) < 4.78 is 0. The zero-order valence-electron chi connectivity index (χ0n) is 10.5. The van der Waals surface area contributed by atoms with E-state index in [1.807, 2.05) is 12.1 Å². The van der Waals surface area contributed by atoms with Crippen LogP contribution in [0.5, 0.6) is 0 Å². The van der Waals surface area contributed by atoms with Gasteiger partial charge in [0.2, 0.25) is 0 Å². The van der Waals surface area contributed by atoms with E-state index in [4.69, 9.17) is 5.73 Å². The van der Waals surface area contributed by atoms with Gasteiger partial charge in [-0.2, -0.15) is 0 Å². The van der Waals surface area contributed by atoms with Gasteiger partial charge in [0.05, 0.1) is 0 Å². The van der Waals surface area contributed by atoms with E-state index in [1.165, 1.54) is 0 Å². The fraction of sp³-hybridized carbons (Fsp3) is 0.462. The summed E-state index contributed by atoms with van der Waals surface area (Å²) in [4.78, 5) is 11.7. The normalized spacial score (nSPS) is 11.9. The van der Waals surface area contributed by atoms with Gasteiger partial charge in [-0.05, 0) is 31.0 Å². The quantitative estimate of drug-likeness (QED) is 0.687. The average Bonchev–Trinajstić information content (AvgIpc) is 2.28. The van der Waals surface area contributed by atoms with Crippen LogP contribution < -0.4 is 16.4 Å². The highest BCUT2D eigenvalue weighted by molar-refractivity contribution is 5.89. The summed E-state index contributed by atoms with van der Waals surface area (Å²) in [6, 6.07) is 7.22. The first-order valence-electron chi connectivity index (χ1n) is 6.08. The summed E-state index contributed by atoms with van der Waals surface area (Å²) in [6.45, 7) is 4.18. The second kappa shape index (κ2) is 6.78. The first kappa shape index (κ1) is 13.4. The monoisotopic (exact) mass is 235 g/mol. The summed E-state index contributed by atoms with van der Waals surface area (Å²) in [5, 5.41) is 5.72. The Kier molecular flexibility index (Phi) is 5.33. The third-order valence-corrected chi connectivity index (χ3v) is 2.61. The maximum Gasteiger partial charge on any atom is 0.319 e. The number of anilines is 2. The largest absolute Gasteiger partial charge is 0.399 e. The third-order valence-electron chi connectivity index (χ3n) is 2.61. The Morgan fingerprint density at radius 2 is 2.18 bits per heavy atom. The predicted octanol–water partition coefficient (Wildman–Crippen LogP) is 2.97. The molecule has 1 atom stereocenters. The van der Waals surface area contributed by atoms with E-state index in [9.17, 15) is 4.79 Å². The van der Waals surface area contributed by atoms with Crippen molar-refractivity contribution < 1.29 is 4.79 Å². The molecule has 0 spiro atoms. The number of carbonyl (C=O) groups excluding carboxylic acids is 1. The number of nitrogens with two attached hydrogens (primary N) is 1. The molecule has 1 unspecified atom stereocenters. The molecular weight excluding hydrogens is 214 g/mol. The predicted molar refractivity (Wildman–Crippen MR) is 72.0 cm³/mol. The molecule has 1 aromatic rings. The Labute approximate surface area is 103 Å². The molecular formula is C13H21N3O. The van der Waals surface area contributed by atoms with E-state index in [-0.39, 0.29) is 12.1 Å². The van der Waals surface area contributed by atoms with Crippen molar-refractivity contribution >= 4 is 17.4 Å². The van der Waals surface area contributed by atoms with Gasteiger partial charge in [0.15, 0.2) is 0 Å². The van der Waals surface area contributed by atoms with Gasteiger partial charge >= 0.3 is 6.03 Å². The van der Waals surface area contributed by atoms with Crippen molar-refractivity contribution in [3.05, 3.63) is 24.3 Å². The van der Waals surface area contributed by atoms with Gasteiger partial charge in [-0.1, -0.05) is 26.3 Å². The number of benzene rings is 1. The highest BCUT2D eigenvalue weighted by Crippen LogP contribution is 2.11. The van der Waals surface area contributed by atoms with Crippen LogP contribution in [0.15, 0.2) is 24.3 Å². The van der Waals surface area contributed by atoms with Gasteiger partial charge in [-0.25, -0.2) is 4.79 Å². The zero-order chi connectivity index (χ0) is 12.7. The van der Waals surface area contributed by atoms with Crippen molar-refractivity contribution in [2.45, 2.75) is 39.2 Å². The molecule has 17 heavy (non-hydrogen) atoms. The summed E-state index contributed by atoms with van der Waals surface area (Å²) in [5.41, 5.74) is 7.00. The lowest BCUT2D eigenvalue weighted by Crippen LogP contribution is -2.37. The number of hydrogen-bond acceptors (Lipinski definition) is 2. The summed E-state index contributed by atoms with van der Waals surface area (Å²) in [5.74, 6) is 0. The molecule has 0 aromatic heterocycles. The van der Waals surface area contributed by atoms with Crippen LogP contribution in [0, 0.1) is 0 Å². The summed E-state index contributed by atoms with van der Waals surface area (Å²) in [6.07, 6.45) is 3.01. The SMILES string of the molecule is CCCC(CC)NC(=O)Nc1cccc(N)c1. The van der Waals surface area contributed by atoms with E-state index in [1.54, 1.807) is 12.1 Å². The molecule has 94 valence electrons. The topological polar surface area (TPSA) is 67.2 Å². The van der Waals surface area contributed by atoms with Gasteiger partial charge in [-0.3, -0.25) is 0 Å².